The van der Waals surface area contributed by atoms with Gasteiger partial charge in [0.15, 0.2) is 0 Å². The van der Waals surface area contributed by atoms with Gasteiger partial charge in [-0.1, -0.05) is 18.2 Å². The maximum atomic E-state index is 12.7. The molecule has 0 fully saturated rings. The van der Waals surface area contributed by atoms with Gasteiger partial charge in [0, 0.05) is 6.54 Å². The van der Waals surface area contributed by atoms with E-state index < -0.39 is 11.7 Å². The zero-order valence-electron chi connectivity index (χ0n) is 10.3. The van der Waals surface area contributed by atoms with Crippen LogP contribution in [-0.4, -0.2) is 15.0 Å². The van der Waals surface area contributed by atoms with E-state index in [4.69, 9.17) is 5.73 Å². The quantitative estimate of drug-likeness (QED) is 0.931. The van der Waals surface area contributed by atoms with Gasteiger partial charge in [0.2, 0.25) is 0 Å². The summed E-state index contributed by atoms with van der Waals surface area (Å²) in [5, 5.41) is 7.75. The van der Waals surface area contributed by atoms with E-state index in [1.165, 1.54) is 10.7 Å². The first-order chi connectivity index (χ1) is 8.97. The van der Waals surface area contributed by atoms with Gasteiger partial charge >= 0.3 is 6.18 Å². The lowest BCUT2D eigenvalue weighted by Gasteiger charge is -2.10. The highest BCUT2D eigenvalue weighted by molar-refractivity contribution is 5.38. The van der Waals surface area contributed by atoms with E-state index in [2.05, 4.69) is 10.3 Å². The highest BCUT2D eigenvalue weighted by atomic mass is 19.4. The summed E-state index contributed by atoms with van der Waals surface area (Å²) in [6.07, 6.45) is -3.78. The van der Waals surface area contributed by atoms with Crippen molar-refractivity contribution in [1.82, 2.24) is 15.0 Å². The Morgan fingerprint density at radius 1 is 1.32 bits per heavy atom. The van der Waals surface area contributed by atoms with Crippen LogP contribution in [-0.2, 0) is 19.1 Å². The number of nitrogens with zero attached hydrogens (tertiary/aromatic N) is 3. The third-order valence-corrected chi connectivity index (χ3v) is 2.79. The van der Waals surface area contributed by atoms with Crippen molar-refractivity contribution in [2.24, 2.45) is 5.73 Å². The van der Waals surface area contributed by atoms with Crippen molar-refractivity contribution in [2.45, 2.75) is 26.1 Å². The molecule has 102 valence electrons. The molecule has 0 spiro atoms. The van der Waals surface area contributed by atoms with Gasteiger partial charge in [0.05, 0.1) is 22.6 Å². The highest BCUT2D eigenvalue weighted by Gasteiger charge is 2.30. The van der Waals surface area contributed by atoms with Crippen LogP contribution in [0.2, 0.25) is 0 Å². The van der Waals surface area contributed by atoms with E-state index in [1.54, 1.807) is 6.07 Å². The number of nitrogens with two attached hydrogens (primary N) is 1. The molecule has 0 saturated heterocycles. The molecule has 2 N–H and O–H groups in total. The number of hydrogen-bond acceptors (Lipinski definition) is 3. The van der Waals surface area contributed by atoms with Gasteiger partial charge in [0.25, 0.3) is 0 Å². The van der Waals surface area contributed by atoms with E-state index in [-0.39, 0.29) is 6.54 Å². The Bertz CT molecular complexity index is 575. The summed E-state index contributed by atoms with van der Waals surface area (Å²) in [5.74, 6) is 0. The van der Waals surface area contributed by atoms with Gasteiger partial charge in [-0.25, -0.2) is 4.68 Å². The maximum Gasteiger partial charge on any atom is 0.416 e. The van der Waals surface area contributed by atoms with E-state index in [0.29, 0.717) is 17.8 Å². The SMILES string of the molecule is CCc1c(CN)nnn1-c1cccc(C(F)(F)F)c1. The third kappa shape index (κ3) is 2.60. The number of halogens is 3. The van der Waals surface area contributed by atoms with Crippen LogP contribution < -0.4 is 5.73 Å². The van der Waals surface area contributed by atoms with Crippen LogP contribution in [0.5, 0.6) is 0 Å². The van der Waals surface area contributed by atoms with E-state index in [0.717, 1.165) is 17.8 Å². The minimum atomic E-state index is -4.38. The van der Waals surface area contributed by atoms with Gasteiger partial charge < -0.3 is 5.73 Å². The predicted octanol–water partition coefficient (Wildman–Crippen LogP) is 2.31. The van der Waals surface area contributed by atoms with Gasteiger partial charge in [-0.3, -0.25) is 0 Å². The summed E-state index contributed by atoms with van der Waals surface area (Å²) in [6.45, 7) is 2.09. The van der Waals surface area contributed by atoms with Crippen LogP contribution in [0.15, 0.2) is 24.3 Å². The van der Waals surface area contributed by atoms with Gasteiger partial charge in [0.1, 0.15) is 0 Å². The molecule has 7 heteroatoms. The largest absolute Gasteiger partial charge is 0.416 e. The topological polar surface area (TPSA) is 56.7 Å². The van der Waals surface area contributed by atoms with E-state index in [1.807, 2.05) is 6.92 Å². The molecule has 0 amide bonds. The fourth-order valence-electron chi connectivity index (χ4n) is 1.87. The van der Waals surface area contributed by atoms with Crippen LogP contribution >= 0.6 is 0 Å². The molecule has 2 rings (SSSR count). The average Bonchev–Trinajstić information content (AvgIpc) is 2.80. The Labute approximate surface area is 108 Å². The first-order valence-corrected chi connectivity index (χ1v) is 5.78. The number of aromatic nitrogens is 3. The second-order valence-corrected chi connectivity index (χ2v) is 4.00. The summed E-state index contributed by atoms with van der Waals surface area (Å²) in [4.78, 5) is 0. The summed E-state index contributed by atoms with van der Waals surface area (Å²) in [5.41, 5.74) is 6.46. The van der Waals surface area contributed by atoms with Crippen molar-refractivity contribution in [3.63, 3.8) is 0 Å². The van der Waals surface area contributed by atoms with Crippen molar-refractivity contribution >= 4 is 0 Å². The lowest BCUT2D eigenvalue weighted by molar-refractivity contribution is -0.137. The van der Waals surface area contributed by atoms with Gasteiger partial charge in [-0.2, -0.15) is 13.2 Å². The molecule has 0 aliphatic carbocycles. The molecule has 4 nitrogen and oxygen atoms in total. The number of hydrogen-bond donors (Lipinski definition) is 1. The molecule has 1 aromatic carbocycles. The molecule has 0 aliphatic rings. The lowest BCUT2D eigenvalue weighted by atomic mass is 10.2. The average molecular weight is 270 g/mol. The second-order valence-electron chi connectivity index (χ2n) is 4.00. The summed E-state index contributed by atoms with van der Waals surface area (Å²) < 4.78 is 39.4. The maximum absolute atomic E-state index is 12.7. The first kappa shape index (κ1) is 13.5. The monoisotopic (exact) mass is 270 g/mol. The molecular weight excluding hydrogens is 257 g/mol. The second kappa shape index (κ2) is 5.00. The normalized spacial score (nSPS) is 11.8. The first-order valence-electron chi connectivity index (χ1n) is 5.78. The van der Waals surface area contributed by atoms with Crippen molar-refractivity contribution < 1.29 is 13.2 Å². The van der Waals surface area contributed by atoms with Crippen LogP contribution in [0.1, 0.15) is 23.9 Å². The van der Waals surface area contributed by atoms with Gasteiger partial charge in [-0.15, -0.1) is 5.10 Å². The van der Waals surface area contributed by atoms with Crippen LogP contribution in [0.4, 0.5) is 13.2 Å². The molecule has 0 saturated carbocycles. The number of benzene rings is 1. The zero-order valence-corrected chi connectivity index (χ0v) is 10.3. The van der Waals surface area contributed by atoms with E-state index in [9.17, 15) is 13.2 Å². The fourth-order valence-corrected chi connectivity index (χ4v) is 1.87. The van der Waals surface area contributed by atoms with Crippen molar-refractivity contribution in [3.8, 4) is 5.69 Å². The van der Waals surface area contributed by atoms with Crippen LogP contribution in [0, 0.1) is 0 Å². The van der Waals surface area contributed by atoms with Crippen molar-refractivity contribution in [2.75, 3.05) is 0 Å². The number of alkyl halides is 3. The standard InChI is InChI=1S/C12H13F3N4/c1-2-11-10(7-16)17-18-19(11)9-5-3-4-8(6-9)12(13,14)15/h3-6H,2,7,16H2,1H3. The lowest BCUT2D eigenvalue weighted by Crippen LogP contribution is -2.08. The molecule has 1 heterocycles. The van der Waals surface area contributed by atoms with Crippen molar-refractivity contribution in [3.05, 3.63) is 41.2 Å². The third-order valence-electron chi connectivity index (χ3n) is 2.79. The molecule has 19 heavy (non-hydrogen) atoms. The smallest absolute Gasteiger partial charge is 0.325 e. The Morgan fingerprint density at radius 2 is 2.05 bits per heavy atom. The van der Waals surface area contributed by atoms with Crippen molar-refractivity contribution in [1.29, 1.82) is 0 Å². The minimum absolute atomic E-state index is 0.210. The van der Waals surface area contributed by atoms with Crippen LogP contribution in [0.3, 0.4) is 0 Å². The molecule has 0 atom stereocenters. The number of rotatable bonds is 3. The summed E-state index contributed by atoms with van der Waals surface area (Å²) in [6, 6.07) is 4.98. The molecule has 0 bridgehead atoms. The molecule has 1 aromatic heterocycles. The highest BCUT2D eigenvalue weighted by Crippen LogP contribution is 2.30. The predicted molar refractivity (Wildman–Crippen MR) is 63.6 cm³/mol. The Balaban J connectivity index is 2.51. The summed E-state index contributed by atoms with van der Waals surface area (Å²) >= 11 is 0. The molecule has 0 radical (unpaired) electrons. The Hall–Kier alpha value is -1.89. The Morgan fingerprint density at radius 3 is 2.63 bits per heavy atom. The van der Waals surface area contributed by atoms with E-state index >= 15 is 0 Å². The fraction of sp³-hybridized carbons (Fsp3) is 0.333. The Kier molecular flexibility index (Phi) is 3.57. The minimum Gasteiger partial charge on any atom is -0.325 e. The van der Waals surface area contributed by atoms with Crippen LogP contribution in [0.25, 0.3) is 5.69 Å². The van der Waals surface area contributed by atoms with Gasteiger partial charge in [-0.05, 0) is 24.6 Å². The summed E-state index contributed by atoms with van der Waals surface area (Å²) in [7, 11) is 0. The molecule has 0 aliphatic heterocycles. The molecule has 2 aromatic rings. The zero-order chi connectivity index (χ0) is 14.0. The molecule has 0 unspecified atom stereocenters. The molecular formula is C12H13F3N4.